The third-order valence-electron chi connectivity index (χ3n) is 5.35. The minimum absolute atomic E-state index is 0.208. The van der Waals surface area contributed by atoms with Crippen molar-refractivity contribution in [1.82, 2.24) is 9.88 Å². The quantitative estimate of drug-likeness (QED) is 0.614. The van der Waals surface area contributed by atoms with Crippen molar-refractivity contribution in [2.24, 2.45) is 0 Å². The van der Waals surface area contributed by atoms with Crippen molar-refractivity contribution in [3.8, 4) is 5.75 Å². The molecule has 0 spiro atoms. The Labute approximate surface area is 175 Å². The summed E-state index contributed by atoms with van der Waals surface area (Å²) in [6.07, 6.45) is 1.50. The van der Waals surface area contributed by atoms with E-state index >= 15 is 0 Å². The van der Waals surface area contributed by atoms with Gasteiger partial charge in [0, 0.05) is 26.2 Å². The molecule has 0 atom stereocenters. The van der Waals surface area contributed by atoms with Crippen LogP contribution in [0, 0.1) is 0 Å². The van der Waals surface area contributed by atoms with Gasteiger partial charge >= 0.3 is 0 Å². The second-order valence-corrected chi connectivity index (χ2v) is 8.28. The second kappa shape index (κ2) is 8.82. The highest BCUT2D eigenvalue weighted by molar-refractivity contribution is 7.22. The van der Waals surface area contributed by atoms with Crippen LogP contribution in [-0.4, -0.2) is 48.6 Å². The first-order chi connectivity index (χ1) is 14.2. The number of anilines is 1. The van der Waals surface area contributed by atoms with E-state index in [1.807, 2.05) is 24.0 Å². The molecule has 1 amide bonds. The third-order valence-corrected chi connectivity index (χ3v) is 6.43. The van der Waals surface area contributed by atoms with Crippen molar-refractivity contribution >= 4 is 32.6 Å². The Bertz CT molecular complexity index is 975. The van der Waals surface area contributed by atoms with Gasteiger partial charge in [0.2, 0.25) is 5.91 Å². The van der Waals surface area contributed by atoms with Crippen LogP contribution in [0.4, 0.5) is 5.13 Å². The predicted molar refractivity (Wildman–Crippen MR) is 119 cm³/mol. The molecule has 152 valence electrons. The number of hydrogen-bond acceptors (Lipinski definition) is 5. The number of thiazole rings is 1. The van der Waals surface area contributed by atoms with Crippen LogP contribution >= 0.6 is 11.3 Å². The van der Waals surface area contributed by atoms with Gasteiger partial charge in [0.05, 0.1) is 23.2 Å². The van der Waals surface area contributed by atoms with Gasteiger partial charge in [-0.3, -0.25) is 4.79 Å². The number of amides is 1. The number of fused-ring (bicyclic) bond motifs is 1. The van der Waals surface area contributed by atoms with Gasteiger partial charge in [0.15, 0.2) is 5.13 Å². The molecule has 1 fully saturated rings. The first kappa shape index (κ1) is 19.7. The van der Waals surface area contributed by atoms with E-state index < -0.39 is 0 Å². The lowest BCUT2D eigenvalue weighted by Crippen LogP contribution is -2.49. The third kappa shape index (κ3) is 4.53. The summed E-state index contributed by atoms with van der Waals surface area (Å²) in [4.78, 5) is 21.7. The molecule has 1 aliphatic heterocycles. The van der Waals surface area contributed by atoms with Gasteiger partial charge in [-0.2, -0.15) is 0 Å². The Hall–Kier alpha value is -2.60. The fourth-order valence-electron chi connectivity index (χ4n) is 3.61. The highest BCUT2D eigenvalue weighted by atomic mass is 32.1. The van der Waals surface area contributed by atoms with E-state index in [1.165, 1.54) is 5.56 Å². The minimum atomic E-state index is 0.208. The lowest BCUT2D eigenvalue weighted by molar-refractivity contribution is -0.130. The molecule has 0 bridgehead atoms. The molecule has 4 rings (SSSR count). The highest BCUT2D eigenvalue weighted by Gasteiger charge is 2.23. The average molecular weight is 410 g/mol. The summed E-state index contributed by atoms with van der Waals surface area (Å²) in [5.41, 5.74) is 3.40. The number of benzene rings is 2. The largest absolute Gasteiger partial charge is 0.494 e. The molecule has 5 nitrogen and oxygen atoms in total. The molecule has 0 radical (unpaired) electrons. The van der Waals surface area contributed by atoms with E-state index in [1.54, 1.807) is 11.3 Å². The van der Waals surface area contributed by atoms with Crippen LogP contribution in [0.3, 0.4) is 0 Å². The van der Waals surface area contributed by atoms with E-state index in [0.717, 1.165) is 59.3 Å². The van der Waals surface area contributed by atoms with Crippen LogP contribution in [0.25, 0.3) is 10.2 Å². The topological polar surface area (TPSA) is 45.7 Å². The summed E-state index contributed by atoms with van der Waals surface area (Å²) in [6.45, 7) is 7.91. The zero-order chi connectivity index (χ0) is 20.2. The molecule has 0 unspecified atom stereocenters. The average Bonchev–Trinajstić information content (AvgIpc) is 3.18. The molecule has 6 heteroatoms. The van der Waals surface area contributed by atoms with Crippen molar-refractivity contribution in [3.63, 3.8) is 0 Å². The van der Waals surface area contributed by atoms with Crippen molar-refractivity contribution in [1.29, 1.82) is 0 Å². The van der Waals surface area contributed by atoms with Crippen LogP contribution in [0.1, 0.15) is 25.0 Å². The number of piperazine rings is 1. The molecule has 3 aromatic rings. The molecule has 0 N–H and O–H groups in total. The molecule has 1 aliphatic rings. The Balaban J connectivity index is 1.36. The second-order valence-electron chi connectivity index (χ2n) is 7.27. The molecule has 2 aromatic carbocycles. The smallest absolute Gasteiger partial charge is 0.227 e. The monoisotopic (exact) mass is 409 g/mol. The summed E-state index contributed by atoms with van der Waals surface area (Å²) in [5, 5.41) is 1.02. The van der Waals surface area contributed by atoms with Crippen molar-refractivity contribution in [2.45, 2.75) is 26.7 Å². The number of ether oxygens (including phenoxy) is 1. The predicted octanol–water partition coefficient (Wildman–Crippen LogP) is 4.15. The maximum atomic E-state index is 12.7. The molecule has 0 saturated carbocycles. The summed E-state index contributed by atoms with van der Waals surface area (Å²) >= 11 is 1.69. The van der Waals surface area contributed by atoms with Gasteiger partial charge in [-0.15, -0.1) is 0 Å². The van der Waals surface area contributed by atoms with Crippen LogP contribution in [-0.2, 0) is 17.6 Å². The van der Waals surface area contributed by atoms with Gasteiger partial charge < -0.3 is 14.5 Å². The van der Waals surface area contributed by atoms with Crippen LogP contribution < -0.4 is 9.64 Å². The first-order valence-electron chi connectivity index (χ1n) is 10.3. The summed E-state index contributed by atoms with van der Waals surface area (Å²) in [5.74, 6) is 1.09. The number of aromatic nitrogens is 1. The fraction of sp³-hybridized carbons (Fsp3) is 0.391. The van der Waals surface area contributed by atoms with Crippen molar-refractivity contribution < 1.29 is 9.53 Å². The standard InChI is InChI=1S/C23H27N3O2S/c1-3-17-5-7-18(8-6-17)15-22(27)25-11-13-26(14-12-25)23-24-20-10-9-19(28-4-2)16-21(20)29-23/h5-10,16H,3-4,11-15H2,1-2H3. The molecule has 0 aliphatic carbocycles. The molecule has 1 aromatic heterocycles. The van der Waals surface area contributed by atoms with Gasteiger partial charge in [0.1, 0.15) is 5.75 Å². The van der Waals surface area contributed by atoms with E-state index in [4.69, 9.17) is 9.72 Å². The molecular formula is C23H27N3O2S. The zero-order valence-corrected chi connectivity index (χ0v) is 17.9. The minimum Gasteiger partial charge on any atom is -0.494 e. The fourth-order valence-corrected chi connectivity index (χ4v) is 4.66. The molecule has 2 heterocycles. The Kier molecular flexibility index (Phi) is 6.00. The molecule has 1 saturated heterocycles. The van der Waals surface area contributed by atoms with Gasteiger partial charge in [-0.1, -0.05) is 42.5 Å². The normalized spacial score (nSPS) is 14.4. The van der Waals surface area contributed by atoms with E-state index in [9.17, 15) is 4.79 Å². The number of carbonyl (C=O) groups is 1. The van der Waals surface area contributed by atoms with E-state index in [0.29, 0.717) is 13.0 Å². The molecular weight excluding hydrogens is 382 g/mol. The van der Waals surface area contributed by atoms with E-state index in [2.05, 4.69) is 42.2 Å². The van der Waals surface area contributed by atoms with Crippen LogP contribution in [0.15, 0.2) is 42.5 Å². The van der Waals surface area contributed by atoms with Gasteiger partial charge in [-0.25, -0.2) is 4.98 Å². The maximum absolute atomic E-state index is 12.7. The number of carbonyl (C=O) groups excluding carboxylic acids is 1. The van der Waals surface area contributed by atoms with E-state index in [-0.39, 0.29) is 5.91 Å². The maximum Gasteiger partial charge on any atom is 0.227 e. The van der Waals surface area contributed by atoms with Gasteiger partial charge in [-0.05, 0) is 42.7 Å². The van der Waals surface area contributed by atoms with Crippen molar-refractivity contribution in [2.75, 3.05) is 37.7 Å². The molecule has 29 heavy (non-hydrogen) atoms. The lowest BCUT2D eigenvalue weighted by Gasteiger charge is -2.34. The Morgan fingerprint density at radius 2 is 1.76 bits per heavy atom. The Morgan fingerprint density at radius 3 is 2.45 bits per heavy atom. The Morgan fingerprint density at radius 1 is 1.03 bits per heavy atom. The summed E-state index contributed by atoms with van der Waals surface area (Å²) in [7, 11) is 0. The van der Waals surface area contributed by atoms with Crippen LogP contribution in [0.5, 0.6) is 5.75 Å². The van der Waals surface area contributed by atoms with Crippen molar-refractivity contribution in [3.05, 3.63) is 53.6 Å². The summed E-state index contributed by atoms with van der Waals surface area (Å²) in [6, 6.07) is 14.4. The number of nitrogens with zero attached hydrogens (tertiary/aromatic N) is 3. The van der Waals surface area contributed by atoms with Gasteiger partial charge in [0.25, 0.3) is 0 Å². The number of rotatable bonds is 6. The summed E-state index contributed by atoms with van der Waals surface area (Å²) < 4.78 is 6.73. The first-order valence-corrected chi connectivity index (χ1v) is 11.1. The SMILES string of the molecule is CCOc1ccc2nc(N3CCN(C(=O)Cc4ccc(CC)cc4)CC3)sc2c1. The highest BCUT2D eigenvalue weighted by Crippen LogP contribution is 2.32. The van der Waals surface area contributed by atoms with Crippen LogP contribution in [0.2, 0.25) is 0 Å². The number of aryl methyl sites for hydroxylation is 1. The number of hydrogen-bond donors (Lipinski definition) is 0. The lowest BCUT2D eigenvalue weighted by atomic mass is 10.1. The zero-order valence-electron chi connectivity index (χ0n) is 17.1.